The van der Waals surface area contributed by atoms with E-state index in [0.29, 0.717) is 6.61 Å². The van der Waals surface area contributed by atoms with Gasteiger partial charge in [0.15, 0.2) is 0 Å². The predicted molar refractivity (Wildman–Crippen MR) is 92.3 cm³/mol. The molecule has 3 aromatic rings. The molecule has 3 rings (SSSR count). The van der Waals surface area contributed by atoms with Gasteiger partial charge in [-0.2, -0.15) is 0 Å². The zero-order valence-corrected chi connectivity index (χ0v) is 13.4. The van der Waals surface area contributed by atoms with E-state index in [1.54, 1.807) is 6.20 Å². The summed E-state index contributed by atoms with van der Waals surface area (Å²) in [5.41, 5.74) is 2.86. The Bertz CT molecular complexity index is 784. The summed E-state index contributed by atoms with van der Waals surface area (Å²) in [5.74, 6) is 0.966. The van der Waals surface area contributed by atoms with Gasteiger partial charge in [-0.25, -0.2) is 0 Å². The fourth-order valence-electron chi connectivity index (χ4n) is 2.50. The van der Waals surface area contributed by atoms with Gasteiger partial charge in [-0.15, -0.1) is 0 Å². The molecule has 0 aliphatic carbocycles. The Balaban J connectivity index is 1.78. The first-order valence-electron chi connectivity index (χ1n) is 7.88. The van der Waals surface area contributed by atoms with Crippen LogP contribution in [0.4, 0.5) is 0 Å². The lowest BCUT2D eigenvalue weighted by molar-refractivity contribution is 0.126. The van der Waals surface area contributed by atoms with Crippen molar-refractivity contribution in [3.8, 4) is 5.75 Å². The average Bonchev–Trinajstić information content (AvgIpc) is 2.59. The van der Waals surface area contributed by atoms with Crippen molar-refractivity contribution >= 4 is 10.9 Å². The van der Waals surface area contributed by atoms with Crippen LogP contribution in [0.5, 0.6) is 5.75 Å². The molecule has 0 fully saturated rings. The van der Waals surface area contributed by atoms with Crippen LogP contribution in [0.25, 0.3) is 10.9 Å². The number of rotatable bonds is 5. The molecule has 0 amide bonds. The lowest BCUT2D eigenvalue weighted by atomic mass is 9.99. The average molecular weight is 307 g/mol. The minimum absolute atomic E-state index is 0.169. The molecule has 0 aliphatic heterocycles. The van der Waals surface area contributed by atoms with E-state index in [1.807, 2.05) is 68.4 Å². The van der Waals surface area contributed by atoms with Crippen molar-refractivity contribution in [2.75, 3.05) is 0 Å². The van der Waals surface area contributed by atoms with Gasteiger partial charge in [0.1, 0.15) is 12.4 Å². The Labute approximate surface area is 136 Å². The highest BCUT2D eigenvalue weighted by molar-refractivity contribution is 5.80. The second kappa shape index (κ2) is 6.80. The molecular formula is C20H21NO2. The van der Waals surface area contributed by atoms with Crippen LogP contribution < -0.4 is 4.74 Å². The predicted octanol–water partition coefficient (Wildman–Crippen LogP) is 4.50. The van der Waals surface area contributed by atoms with Crippen molar-refractivity contribution in [1.29, 1.82) is 0 Å². The second-order valence-corrected chi connectivity index (χ2v) is 6.09. The quantitative estimate of drug-likeness (QED) is 0.754. The van der Waals surface area contributed by atoms with Gasteiger partial charge in [0.2, 0.25) is 0 Å². The first-order chi connectivity index (χ1) is 11.1. The smallest absolute Gasteiger partial charge is 0.122 e. The van der Waals surface area contributed by atoms with Crippen LogP contribution in [0.3, 0.4) is 0 Å². The molecule has 2 aromatic carbocycles. The number of aliphatic hydroxyl groups is 1. The topological polar surface area (TPSA) is 42.4 Å². The number of nitrogens with zero attached hydrogens (tertiary/aromatic N) is 1. The van der Waals surface area contributed by atoms with E-state index in [4.69, 9.17) is 4.74 Å². The van der Waals surface area contributed by atoms with Gasteiger partial charge in [-0.1, -0.05) is 44.2 Å². The maximum atomic E-state index is 10.2. The molecule has 118 valence electrons. The molecule has 1 aromatic heterocycles. The zero-order chi connectivity index (χ0) is 16.2. The van der Waals surface area contributed by atoms with Crippen molar-refractivity contribution in [1.82, 2.24) is 4.98 Å². The fraction of sp³-hybridized carbons (Fsp3) is 0.250. The van der Waals surface area contributed by atoms with Gasteiger partial charge < -0.3 is 9.84 Å². The number of hydrogen-bond acceptors (Lipinski definition) is 3. The summed E-state index contributed by atoms with van der Waals surface area (Å²) in [7, 11) is 0. The highest BCUT2D eigenvalue weighted by atomic mass is 16.5. The largest absolute Gasteiger partial charge is 0.489 e. The van der Waals surface area contributed by atoms with Crippen LogP contribution in [0, 0.1) is 5.92 Å². The van der Waals surface area contributed by atoms with Crippen molar-refractivity contribution in [2.24, 2.45) is 5.92 Å². The van der Waals surface area contributed by atoms with Crippen LogP contribution in [0.2, 0.25) is 0 Å². The normalized spacial score (nSPS) is 12.5. The molecule has 23 heavy (non-hydrogen) atoms. The van der Waals surface area contributed by atoms with Gasteiger partial charge in [0.05, 0.1) is 11.6 Å². The number of aliphatic hydroxyl groups excluding tert-OH is 1. The third-order valence-corrected chi connectivity index (χ3v) is 3.90. The molecule has 0 unspecified atom stereocenters. The molecule has 0 saturated heterocycles. The van der Waals surface area contributed by atoms with E-state index in [2.05, 4.69) is 4.98 Å². The Morgan fingerprint density at radius 2 is 1.83 bits per heavy atom. The highest BCUT2D eigenvalue weighted by Crippen LogP contribution is 2.26. The summed E-state index contributed by atoms with van der Waals surface area (Å²) in [6, 6.07) is 17.9. The molecule has 3 nitrogen and oxygen atoms in total. The second-order valence-electron chi connectivity index (χ2n) is 6.09. The van der Waals surface area contributed by atoms with Crippen LogP contribution in [0.15, 0.2) is 60.8 Å². The van der Waals surface area contributed by atoms with E-state index >= 15 is 0 Å². The Kier molecular flexibility index (Phi) is 4.58. The Morgan fingerprint density at radius 3 is 2.57 bits per heavy atom. The third kappa shape index (κ3) is 3.69. The number of ether oxygens (including phenoxy) is 1. The molecule has 0 bridgehead atoms. The van der Waals surface area contributed by atoms with Gasteiger partial charge in [-0.05, 0) is 35.2 Å². The van der Waals surface area contributed by atoms with E-state index in [9.17, 15) is 5.11 Å². The maximum absolute atomic E-state index is 10.2. The van der Waals surface area contributed by atoms with E-state index in [-0.39, 0.29) is 5.92 Å². The van der Waals surface area contributed by atoms with Crippen LogP contribution >= 0.6 is 0 Å². The molecular weight excluding hydrogens is 286 g/mol. The summed E-state index contributed by atoms with van der Waals surface area (Å²) in [6.07, 6.45) is 1.26. The molecule has 0 radical (unpaired) electrons. The number of pyridine rings is 1. The van der Waals surface area contributed by atoms with E-state index < -0.39 is 6.10 Å². The molecule has 1 N–H and O–H groups in total. The molecule has 0 aliphatic rings. The molecule has 1 atom stereocenters. The zero-order valence-electron chi connectivity index (χ0n) is 13.4. The van der Waals surface area contributed by atoms with Crippen molar-refractivity contribution < 1.29 is 9.84 Å². The lowest BCUT2D eigenvalue weighted by Gasteiger charge is -2.15. The van der Waals surface area contributed by atoms with Crippen LogP contribution in [0.1, 0.15) is 31.1 Å². The van der Waals surface area contributed by atoms with Crippen LogP contribution in [-0.2, 0) is 6.61 Å². The summed E-state index contributed by atoms with van der Waals surface area (Å²) >= 11 is 0. The van der Waals surface area contributed by atoms with Crippen molar-refractivity contribution in [3.63, 3.8) is 0 Å². The minimum atomic E-state index is -0.485. The number of hydrogen-bond donors (Lipinski definition) is 1. The van der Waals surface area contributed by atoms with Gasteiger partial charge in [-0.3, -0.25) is 4.98 Å². The Morgan fingerprint density at radius 1 is 1.04 bits per heavy atom. The van der Waals surface area contributed by atoms with E-state index in [1.165, 1.54) is 0 Å². The molecule has 1 heterocycles. The molecule has 0 saturated carbocycles. The number of fused-ring (bicyclic) bond motifs is 1. The number of aromatic nitrogens is 1. The molecule has 3 heteroatoms. The molecule has 0 spiro atoms. The van der Waals surface area contributed by atoms with Gasteiger partial charge in [0, 0.05) is 17.6 Å². The summed E-state index contributed by atoms with van der Waals surface area (Å²) in [5, 5.41) is 11.2. The highest BCUT2D eigenvalue weighted by Gasteiger charge is 2.13. The fourth-order valence-corrected chi connectivity index (χ4v) is 2.50. The lowest BCUT2D eigenvalue weighted by Crippen LogP contribution is -2.05. The first kappa shape index (κ1) is 15.5. The van der Waals surface area contributed by atoms with Gasteiger partial charge in [0.25, 0.3) is 0 Å². The number of benzene rings is 2. The monoisotopic (exact) mass is 307 g/mol. The van der Waals surface area contributed by atoms with Crippen molar-refractivity contribution in [2.45, 2.75) is 26.6 Å². The third-order valence-electron chi connectivity index (χ3n) is 3.90. The van der Waals surface area contributed by atoms with E-state index in [0.717, 1.165) is 27.8 Å². The first-order valence-corrected chi connectivity index (χ1v) is 7.88. The maximum Gasteiger partial charge on any atom is 0.122 e. The summed E-state index contributed by atoms with van der Waals surface area (Å²) < 4.78 is 5.83. The Hall–Kier alpha value is -2.39. The minimum Gasteiger partial charge on any atom is -0.489 e. The van der Waals surface area contributed by atoms with Crippen LogP contribution in [-0.4, -0.2) is 10.1 Å². The summed E-state index contributed by atoms with van der Waals surface area (Å²) in [4.78, 5) is 4.46. The SMILES string of the molecule is CC(C)[C@H](O)c1cnc2cc(OCc3ccccc3)ccc2c1. The van der Waals surface area contributed by atoms with Gasteiger partial charge >= 0.3 is 0 Å². The van der Waals surface area contributed by atoms with Crippen molar-refractivity contribution in [3.05, 3.63) is 71.9 Å². The summed E-state index contributed by atoms with van der Waals surface area (Å²) in [6.45, 7) is 4.53. The standard InChI is InChI=1S/C20H21NO2/c1-14(2)20(22)17-10-16-8-9-18(11-19(16)21-12-17)23-13-15-6-4-3-5-7-15/h3-12,14,20,22H,13H2,1-2H3/t20-/m0/s1.